The van der Waals surface area contributed by atoms with E-state index in [1.165, 1.54) is 11.1 Å². The molecule has 0 N–H and O–H groups in total. The van der Waals surface area contributed by atoms with Gasteiger partial charge in [-0.1, -0.05) is 30.3 Å². The highest BCUT2D eigenvalue weighted by molar-refractivity contribution is 5.22. The zero-order valence-corrected chi connectivity index (χ0v) is 13.1. The predicted octanol–water partition coefficient (Wildman–Crippen LogP) is 2.57. The van der Waals surface area contributed by atoms with Gasteiger partial charge in [-0.15, -0.1) is 0 Å². The molecule has 4 heteroatoms. The van der Waals surface area contributed by atoms with E-state index in [9.17, 15) is 0 Å². The monoisotopic (exact) mass is 297 g/mol. The number of hydrogen-bond acceptors (Lipinski definition) is 3. The van der Waals surface area contributed by atoms with Crippen LogP contribution in [0.15, 0.2) is 42.7 Å². The van der Waals surface area contributed by atoms with Crippen LogP contribution in [-0.2, 0) is 18.3 Å². The Hall–Kier alpha value is -1.65. The van der Waals surface area contributed by atoms with Crippen molar-refractivity contribution in [2.24, 2.45) is 7.05 Å². The van der Waals surface area contributed by atoms with Crippen molar-refractivity contribution in [1.82, 2.24) is 14.7 Å². The smallest absolute Gasteiger partial charge is 0.0828 e. The fourth-order valence-corrected chi connectivity index (χ4v) is 3.94. The van der Waals surface area contributed by atoms with E-state index >= 15 is 0 Å². The molecule has 2 atom stereocenters. The summed E-state index contributed by atoms with van der Waals surface area (Å²) in [6, 6.07) is 10.8. The quantitative estimate of drug-likeness (QED) is 0.872. The van der Waals surface area contributed by atoms with Gasteiger partial charge < -0.3 is 4.74 Å². The first-order valence-corrected chi connectivity index (χ1v) is 8.11. The molecule has 1 spiro atoms. The van der Waals surface area contributed by atoms with E-state index in [0.717, 1.165) is 39.1 Å². The van der Waals surface area contributed by atoms with Crippen molar-refractivity contribution < 1.29 is 4.74 Å². The van der Waals surface area contributed by atoms with Gasteiger partial charge in [-0.3, -0.25) is 9.58 Å². The second-order valence-corrected chi connectivity index (χ2v) is 6.79. The van der Waals surface area contributed by atoms with Crippen molar-refractivity contribution in [3.05, 3.63) is 53.9 Å². The summed E-state index contributed by atoms with van der Waals surface area (Å²) in [6.45, 7) is 4.02. The van der Waals surface area contributed by atoms with Gasteiger partial charge in [-0.2, -0.15) is 5.10 Å². The maximum atomic E-state index is 6.28. The zero-order chi connectivity index (χ0) is 15.0. The molecule has 1 aromatic carbocycles. The van der Waals surface area contributed by atoms with E-state index < -0.39 is 0 Å². The van der Waals surface area contributed by atoms with Crippen LogP contribution in [0.4, 0.5) is 0 Å². The molecule has 2 fully saturated rings. The molecule has 4 rings (SSSR count). The Morgan fingerprint density at radius 2 is 2.18 bits per heavy atom. The average molecular weight is 297 g/mol. The van der Waals surface area contributed by atoms with E-state index in [1.807, 2.05) is 17.9 Å². The van der Waals surface area contributed by atoms with E-state index in [0.29, 0.717) is 5.92 Å². The van der Waals surface area contributed by atoms with Crippen molar-refractivity contribution in [3.63, 3.8) is 0 Å². The Kier molecular flexibility index (Phi) is 3.51. The van der Waals surface area contributed by atoms with Crippen molar-refractivity contribution in [1.29, 1.82) is 0 Å². The first kappa shape index (κ1) is 14.0. The number of rotatable bonds is 3. The number of aryl methyl sites for hydroxylation is 1. The van der Waals surface area contributed by atoms with Crippen molar-refractivity contribution >= 4 is 0 Å². The van der Waals surface area contributed by atoms with Crippen LogP contribution in [0.25, 0.3) is 0 Å². The SMILES string of the molecule is Cn1cc(CN2CC[C@]3(C[C@H](c4ccccc4)CO3)C2)cn1. The summed E-state index contributed by atoms with van der Waals surface area (Å²) in [4.78, 5) is 2.50. The third kappa shape index (κ3) is 2.69. The van der Waals surface area contributed by atoms with Crippen LogP contribution in [0.1, 0.15) is 29.9 Å². The lowest BCUT2D eigenvalue weighted by molar-refractivity contribution is 0.0118. The number of hydrogen-bond donors (Lipinski definition) is 0. The number of ether oxygens (including phenoxy) is 1. The van der Waals surface area contributed by atoms with Gasteiger partial charge in [0.05, 0.1) is 18.4 Å². The molecule has 116 valence electrons. The summed E-state index contributed by atoms with van der Waals surface area (Å²) in [7, 11) is 1.97. The maximum Gasteiger partial charge on any atom is 0.0828 e. The molecule has 0 radical (unpaired) electrons. The highest BCUT2D eigenvalue weighted by atomic mass is 16.5. The average Bonchev–Trinajstić information content (AvgIpc) is 3.24. The van der Waals surface area contributed by atoms with Gasteiger partial charge in [-0.05, 0) is 18.4 Å². The molecule has 2 aliphatic heterocycles. The largest absolute Gasteiger partial charge is 0.373 e. The fraction of sp³-hybridized carbons (Fsp3) is 0.500. The Bertz CT molecular complexity index is 639. The highest BCUT2D eigenvalue weighted by Crippen LogP contribution is 2.42. The van der Waals surface area contributed by atoms with Crippen LogP contribution in [0.3, 0.4) is 0 Å². The molecule has 2 aromatic rings. The van der Waals surface area contributed by atoms with Crippen LogP contribution in [-0.4, -0.2) is 40.0 Å². The Labute approximate surface area is 131 Å². The maximum absolute atomic E-state index is 6.28. The summed E-state index contributed by atoms with van der Waals surface area (Å²) in [6.07, 6.45) is 6.37. The first-order valence-electron chi connectivity index (χ1n) is 8.11. The van der Waals surface area contributed by atoms with E-state index in [2.05, 4.69) is 46.5 Å². The topological polar surface area (TPSA) is 30.3 Å². The third-order valence-corrected chi connectivity index (χ3v) is 5.04. The van der Waals surface area contributed by atoms with Gasteiger partial charge in [-0.25, -0.2) is 0 Å². The van der Waals surface area contributed by atoms with E-state index in [4.69, 9.17) is 4.74 Å². The molecule has 3 heterocycles. The Morgan fingerprint density at radius 3 is 2.95 bits per heavy atom. The van der Waals surface area contributed by atoms with Gasteiger partial charge in [0.25, 0.3) is 0 Å². The minimum Gasteiger partial charge on any atom is -0.373 e. The molecular weight excluding hydrogens is 274 g/mol. The molecule has 0 unspecified atom stereocenters. The molecule has 22 heavy (non-hydrogen) atoms. The molecule has 0 aliphatic carbocycles. The lowest BCUT2D eigenvalue weighted by Gasteiger charge is -2.23. The molecule has 4 nitrogen and oxygen atoms in total. The molecule has 2 saturated heterocycles. The standard InChI is InChI=1S/C18H23N3O/c1-20-11-15(10-19-20)12-21-8-7-18(14-21)9-17(13-22-18)16-5-3-2-4-6-16/h2-6,10-11,17H,7-9,12-14H2,1H3/t17-,18-/m0/s1. The highest BCUT2D eigenvalue weighted by Gasteiger charge is 2.45. The molecule has 0 amide bonds. The van der Waals surface area contributed by atoms with Crippen LogP contribution < -0.4 is 0 Å². The van der Waals surface area contributed by atoms with Crippen molar-refractivity contribution in [2.75, 3.05) is 19.7 Å². The summed E-state index contributed by atoms with van der Waals surface area (Å²) < 4.78 is 8.15. The van der Waals surface area contributed by atoms with E-state index in [-0.39, 0.29) is 5.60 Å². The zero-order valence-electron chi connectivity index (χ0n) is 13.1. The molecule has 2 aliphatic rings. The second kappa shape index (κ2) is 5.52. The Morgan fingerprint density at radius 1 is 1.32 bits per heavy atom. The molecule has 1 aromatic heterocycles. The van der Waals surface area contributed by atoms with Gasteiger partial charge in [0, 0.05) is 44.4 Å². The second-order valence-electron chi connectivity index (χ2n) is 6.79. The lowest BCUT2D eigenvalue weighted by Crippen LogP contribution is -2.32. The van der Waals surface area contributed by atoms with E-state index in [1.54, 1.807) is 0 Å². The normalized spacial score (nSPS) is 28.7. The van der Waals surface area contributed by atoms with Crippen LogP contribution in [0.5, 0.6) is 0 Å². The van der Waals surface area contributed by atoms with Crippen LogP contribution >= 0.6 is 0 Å². The third-order valence-electron chi connectivity index (χ3n) is 5.04. The van der Waals surface area contributed by atoms with Gasteiger partial charge in [0.15, 0.2) is 0 Å². The summed E-state index contributed by atoms with van der Waals surface area (Å²) in [5.41, 5.74) is 2.78. The summed E-state index contributed by atoms with van der Waals surface area (Å²) in [5.74, 6) is 0.555. The number of nitrogens with zero attached hydrogens (tertiary/aromatic N) is 3. The fourth-order valence-electron chi connectivity index (χ4n) is 3.94. The predicted molar refractivity (Wildman–Crippen MR) is 85.6 cm³/mol. The minimum atomic E-state index is 0.0721. The molecule has 0 saturated carbocycles. The lowest BCUT2D eigenvalue weighted by atomic mass is 9.89. The van der Waals surface area contributed by atoms with Crippen molar-refractivity contribution in [3.8, 4) is 0 Å². The number of likely N-dealkylation sites (tertiary alicyclic amines) is 1. The van der Waals surface area contributed by atoms with Crippen LogP contribution in [0, 0.1) is 0 Å². The van der Waals surface area contributed by atoms with Gasteiger partial charge in [0.2, 0.25) is 0 Å². The van der Waals surface area contributed by atoms with Crippen molar-refractivity contribution in [2.45, 2.75) is 30.9 Å². The molecule has 0 bridgehead atoms. The first-order chi connectivity index (χ1) is 10.7. The number of aromatic nitrogens is 2. The van der Waals surface area contributed by atoms with Gasteiger partial charge >= 0.3 is 0 Å². The van der Waals surface area contributed by atoms with Crippen LogP contribution in [0.2, 0.25) is 0 Å². The number of benzene rings is 1. The summed E-state index contributed by atoms with van der Waals surface area (Å²) >= 11 is 0. The minimum absolute atomic E-state index is 0.0721. The molecular formula is C18H23N3O. The van der Waals surface area contributed by atoms with Gasteiger partial charge in [0.1, 0.15) is 0 Å². The summed E-state index contributed by atoms with van der Waals surface area (Å²) in [5, 5.41) is 4.26. The Balaban J connectivity index is 1.40.